The molecule has 0 atom stereocenters. The van der Waals surface area contributed by atoms with Crippen molar-refractivity contribution in [1.29, 1.82) is 0 Å². The lowest BCUT2D eigenvalue weighted by atomic mass is 9.95. The summed E-state index contributed by atoms with van der Waals surface area (Å²) in [6, 6.07) is 123. The summed E-state index contributed by atoms with van der Waals surface area (Å²) in [5.41, 5.74) is 22.6. The first-order valence-corrected chi connectivity index (χ1v) is 29.5. The third kappa shape index (κ3) is 10.6. The average Bonchev–Trinajstić information content (AvgIpc) is 3.00. The molecule has 14 rings (SSSR count). The Bertz CT molecular complexity index is 4620. The van der Waals surface area contributed by atoms with Gasteiger partial charge in [0.1, 0.15) is 0 Å². The molecule has 0 bridgehead atoms. The molecule has 0 N–H and O–H groups in total. The zero-order valence-corrected chi connectivity index (χ0v) is 48.1. The minimum Gasteiger partial charge on any atom is -0.310 e. The zero-order valence-electron chi connectivity index (χ0n) is 48.1. The van der Waals surface area contributed by atoms with Crippen LogP contribution in [0.5, 0.6) is 0 Å². The second-order valence-electron chi connectivity index (χ2n) is 21.9. The SMILES string of the molecule is Cc1cccc(N(c2ccccc2)c2ccc(-c3ccc(N(c4ccccc4)c4cc(C)cc(-c5cccc6c(N(c7ccccc7)c7ccc(-c8ccc(N(c9ccccc9)c9cccc%10ccccc9%10)cc8)cc7)cccc56)c4)cc3)cc2)c1. The molecular formula is C82H62N4. The molecule has 0 amide bonds. The number of hydrogen-bond donors (Lipinski definition) is 0. The summed E-state index contributed by atoms with van der Waals surface area (Å²) in [4.78, 5) is 9.44. The highest BCUT2D eigenvalue weighted by Crippen LogP contribution is 2.45. The van der Waals surface area contributed by atoms with Crippen LogP contribution in [0.3, 0.4) is 0 Å². The fourth-order valence-corrected chi connectivity index (χ4v) is 12.2. The summed E-state index contributed by atoms with van der Waals surface area (Å²) in [5.74, 6) is 0. The summed E-state index contributed by atoms with van der Waals surface area (Å²) in [7, 11) is 0. The third-order valence-electron chi connectivity index (χ3n) is 16.3. The number of aryl methyl sites for hydroxylation is 2. The van der Waals surface area contributed by atoms with Crippen LogP contribution in [0.2, 0.25) is 0 Å². The average molecular weight is 1100 g/mol. The van der Waals surface area contributed by atoms with E-state index in [4.69, 9.17) is 0 Å². The Morgan fingerprint density at radius 1 is 0.186 bits per heavy atom. The largest absolute Gasteiger partial charge is 0.310 e. The number of anilines is 12. The molecule has 410 valence electrons. The quantitative estimate of drug-likeness (QED) is 0.101. The van der Waals surface area contributed by atoms with Gasteiger partial charge in [0.2, 0.25) is 0 Å². The van der Waals surface area contributed by atoms with Gasteiger partial charge in [0.25, 0.3) is 0 Å². The summed E-state index contributed by atoms with van der Waals surface area (Å²) in [6.45, 7) is 4.35. The molecule has 0 heterocycles. The van der Waals surface area contributed by atoms with Crippen LogP contribution in [-0.2, 0) is 0 Å². The maximum Gasteiger partial charge on any atom is 0.0540 e. The van der Waals surface area contributed by atoms with Gasteiger partial charge in [0, 0.05) is 67.6 Å². The van der Waals surface area contributed by atoms with Gasteiger partial charge in [-0.3, -0.25) is 0 Å². The van der Waals surface area contributed by atoms with Crippen molar-refractivity contribution < 1.29 is 0 Å². The van der Waals surface area contributed by atoms with Crippen molar-refractivity contribution in [3.63, 3.8) is 0 Å². The van der Waals surface area contributed by atoms with Crippen molar-refractivity contribution in [2.24, 2.45) is 0 Å². The Kier molecular flexibility index (Phi) is 14.5. The number of rotatable bonds is 15. The molecule has 0 radical (unpaired) electrons. The standard InChI is InChI=1S/C82H62N4/c1-59-21-17-32-75(56-59)83(67-24-7-3-8-25-67)71-47-39-61(40-48-71)62-41-49-72(50-42-62)84(68-26-9-4-10-27-68)76-57-60(2)55-66(58-76)77-34-19-36-80-79(77)35-20-38-82(80)86(70-30-13-6-14-31-70)74-53-45-64(46-54-74)63-43-51-73(52-44-63)85(69-28-11-5-12-29-69)81-37-18-23-65-22-15-16-33-78(65)81/h3-58H,1-2H3. The molecular weight excluding hydrogens is 1040 g/mol. The Labute approximate surface area is 504 Å². The number of hydrogen-bond acceptors (Lipinski definition) is 4. The van der Waals surface area contributed by atoms with E-state index in [1.165, 1.54) is 32.8 Å². The molecule has 0 aliphatic rings. The number of benzene rings is 14. The van der Waals surface area contributed by atoms with Gasteiger partial charge < -0.3 is 19.6 Å². The Morgan fingerprint density at radius 3 is 1.02 bits per heavy atom. The van der Waals surface area contributed by atoms with E-state index in [1.807, 2.05) is 0 Å². The fourth-order valence-electron chi connectivity index (χ4n) is 12.2. The molecule has 4 heteroatoms. The zero-order chi connectivity index (χ0) is 57.8. The van der Waals surface area contributed by atoms with E-state index in [-0.39, 0.29) is 0 Å². The number of para-hydroxylation sites is 4. The summed E-state index contributed by atoms with van der Waals surface area (Å²) < 4.78 is 0. The fraction of sp³-hybridized carbons (Fsp3) is 0.0244. The molecule has 14 aromatic rings. The molecule has 0 aliphatic heterocycles. The van der Waals surface area contributed by atoms with Gasteiger partial charge in [0.05, 0.1) is 11.4 Å². The van der Waals surface area contributed by atoms with Crippen molar-refractivity contribution in [1.82, 2.24) is 0 Å². The maximum atomic E-state index is 2.39. The molecule has 4 nitrogen and oxygen atoms in total. The smallest absolute Gasteiger partial charge is 0.0540 e. The van der Waals surface area contributed by atoms with Crippen molar-refractivity contribution in [2.45, 2.75) is 13.8 Å². The van der Waals surface area contributed by atoms with E-state index in [0.717, 1.165) is 101 Å². The van der Waals surface area contributed by atoms with Crippen LogP contribution in [0.25, 0.3) is 54.9 Å². The summed E-state index contributed by atoms with van der Waals surface area (Å²) in [6.07, 6.45) is 0. The molecule has 0 unspecified atom stereocenters. The van der Waals surface area contributed by atoms with Crippen molar-refractivity contribution in [2.75, 3.05) is 19.6 Å². The van der Waals surface area contributed by atoms with Crippen LogP contribution in [0.4, 0.5) is 68.2 Å². The lowest BCUT2D eigenvalue weighted by Gasteiger charge is -2.28. The van der Waals surface area contributed by atoms with E-state index in [0.29, 0.717) is 0 Å². The third-order valence-corrected chi connectivity index (χ3v) is 16.3. The van der Waals surface area contributed by atoms with Crippen LogP contribution in [0.15, 0.2) is 340 Å². The summed E-state index contributed by atoms with van der Waals surface area (Å²) >= 11 is 0. The van der Waals surface area contributed by atoms with Gasteiger partial charge in [-0.1, -0.05) is 206 Å². The lowest BCUT2D eigenvalue weighted by molar-refractivity contribution is 1.27. The van der Waals surface area contributed by atoms with E-state index in [9.17, 15) is 0 Å². The molecule has 86 heavy (non-hydrogen) atoms. The van der Waals surface area contributed by atoms with Gasteiger partial charge in [-0.15, -0.1) is 0 Å². The van der Waals surface area contributed by atoms with E-state index in [1.54, 1.807) is 0 Å². The molecule has 0 fully saturated rings. The van der Waals surface area contributed by atoms with Gasteiger partial charge in [-0.25, -0.2) is 0 Å². The predicted octanol–water partition coefficient (Wildman–Crippen LogP) is 23.5. The maximum absolute atomic E-state index is 2.39. The topological polar surface area (TPSA) is 13.0 Å². The van der Waals surface area contributed by atoms with Crippen molar-refractivity contribution in [3.8, 4) is 33.4 Å². The highest BCUT2D eigenvalue weighted by Gasteiger charge is 2.21. The van der Waals surface area contributed by atoms with Crippen molar-refractivity contribution in [3.05, 3.63) is 351 Å². The van der Waals surface area contributed by atoms with Crippen LogP contribution in [-0.4, -0.2) is 0 Å². The molecule has 0 saturated carbocycles. The minimum atomic E-state index is 1.08. The monoisotopic (exact) mass is 1100 g/mol. The first-order chi connectivity index (χ1) is 42.5. The predicted molar refractivity (Wildman–Crippen MR) is 366 cm³/mol. The van der Waals surface area contributed by atoms with Crippen LogP contribution >= 0.6 is 0 Å². The van der Waals surface area contributed by atoms with Crippen molar-refractivity contribution >= 4 is 89.8 Å². The van der Waals surface area contributed by atoms with Crippen LogP contribution < -0.4 is 19.6 Å². The molecule has 14 aromatic carbocycles. The van der Waals surface area contributed by atoms with Crippen LogP contribution in [0.1, 0.15) is 11.1 Å². The Morgan fingerprint density at radius 2 is 0.523 bits per heavy atom. The highest BCUT2D eigenvalue weighted by atomic mass is 15.2. The minimum absolute atomic E-state index is 1.08. The number of fused-ring (bicyclic) bond motifs is 2. The Balaban J connectivity index is 0.774. The van der Waals surface area contributed by atoms with E-state index in [2.05, 4.69) is 373 Å². The second-order valence-corrected chi connectivity index (χ2v) is 21.9. The molecule has 0 spiro atoms. The van der Waals surface area contributed by atoms with Gasteiger partial charge in [-0.2, -0.15) is 0 Å². The highest BCUT2D eigenvalue weighted by molar-refractivity contribution is 6.06. The van der Waals surface area contributed by atoms with E-state index >= 15 is 0 Å². The lowest BCUT2D eigenvalue weighted by Crippen LogP contribution is -2.11. The Hall–Kier alpha value is -11.2. The normalized spacial score (nSPS) is 11.1. The summed E-state index contributed by atoms with van der Waals surface area (Å²) in [5, 5.41) is 4.77. The molecule has 0 aliphatic carbocycles. The first kappa shape index (κ1) is 52.8. The first-order valence-electron chi connectivity index (χ1n) is 29.5. The molecule has 0 saturated heterocycles. The van der Waals surface area contributed by atoms with E-state index < -0.39 is 0 Å². The van der Waals surface area contributed by atoms with Crippen LogP contribution in [0, 0.1) is 13.8 Å². The van der Waals surface area contributed by atoms with Gasteiger partial charge in [-0.05, 0) is 203 Å². The van der Waals surface area contributed by atoms with Gasteiger partial charge in [0.15, 0.2) is 0 Å². The second kappa shape index (κ2) is 23.6. The number of nitrogens with zero attached hydrogens (tertiary/aromatic N) is 4. The molecule has 0 aromatic heterocycles. The van der Waals surface area contributed by atoms with Gasteiger partial charge >= 0.3 is 0 Å².